The zero-order chi connectivity index (χ0) is 20.7. The third-order valence-corrected chi connectivity index (χ3v) is 7.63. The van der Waals surface area contributed by atoms with E-state index in [1.807, 2.05) is 0 Å². The summed E-state index contributed by atoms with van der Waals surface area (Å²) in [5, 5.41) is 5.63. The van der Waals surface area contributed by atoms with Crippen molar-refractivity contribution in [3.8, 4) is 0 Å². The van der Waals surface area contributed by atoms with E-state index in [9.17, 15) is 18.0 Å². The molecular weight excluding hydrogens is 390 g/mol. The molecule has 1 aromatic rings. The number of nitrogens with zero attached hydrogens (tertiary/aromatic N) is 1. The van der Waals surface area contributed by atoms with Crippen LogP contribution in [0.1, 0.15) is 61.7 Å². The van der Waals surface area contributed by atoms with Gasteiger partial charge in [-0.15, -0.1) is 0 Å². The Kier molecular flexibility index (Phi) is 7.66. The van der Waals surface area contributed by atoms with Gasteiger partial charge in [0.05, 0.1) is 4.90 Å². The van der Waals surface area contributed by atoms with Gasteiger partial charge in [-0.3, -0.25) is 9.59 Å². The molecule has 0 unspecified atom stereocenters. The number of piperidine rings is 1. The summed E-state index contributed by atoms with van der Waals surface area (Å²) in [5.41, 5.74) is 0.307. The molecule has 29 heavy (non-hydrogen) atoms. The highest BCUT2D eigenvalue weighted by molar-refractivity contribution is 7.89. The lowest BCUT2D eigenvalue weighted by Crippen LogP contribution is -2.38. The summed E-state index contributed by atoms with van der Waals surface area (Å²) in [6.45, 7) is 1.73. The average Bonchev–Trinajstić information content (AvgIpc) is 2.77. The second kappa shape index (κ2) is 10.2. The van der Waals surface area contributed by atoms with Crippen LogP contribution < -0.4 is 10.6 Å². The molecule has 2 amide bonds. The molecule has 0 spiro atoms. The van der Waals surface area contributed by atoms with Gasteiger partial charge in [0.2, 0.25) is 15.9 Å². The second-order valence-electron chi connectivity index (χ2n) is 7.87. The summed E-state index contributed by atoms with van der Waals surface area (Å²) in [7, 11) is -3.57. The van der Waals surface area contributed by atoms with Crippen molar-refractivity contribution in [1.29, 1.82) is 0 Å². The first-order chi connectivity index (χ1) is 14.0. The van der Waals surface area contributed by atoms with E-state index in [4.69, 9.17) is 0 Å². The van der Waals surface area contributed by atoms with Crippen LogP contribution in [0, 0.1) is 5.92 Å². The predicted octanol–water partition coefficient (Wildman–Crippen LogP) is 2.29. The molecule has 3 rings (SSSR count). The highest BCUT2D eigenvalue weighted by atomic mass is 32.2. The Morgan fingerprint density at radius 2 is 1.59 bits per heavy atom. The summed E-state index contributed by atoms with van der Waals surface area (Å²) < 4.78 is 27.1. The first-order valence-electron chi connectivity index (χ1n) is 10.6. The Bertz CT molecular complexity index is 813. The van der Waals surface area contributed by atoms with E-state index in [2.05, 4.69) is 10.6 Å². The van der Waals surface area contributed by atoms with Crippen molar-refractivity contribution in [3.63, 3.8) is 0 Å². The number of carbonyl (C=O) groups excluding carboxylic acids is 2. The van der Waals surface area contributed by atoms with E-state index in [1.54, 1.807) is 12.1 Å². The normalized spacial score (nSPS) is 18.9. The first-order valence-corrected chi connectivity index (χ1v) is 12.1. The van der Waals surface area contributed by atoms with Crippen LogP contribution in [-0.2, 0) is 14.8 Å². The molecule has 1 aliphatic heterocycles. The van der Waals surface area contributed by atoms with E-state index in [1.165, 1.54) is 22.9 Å². The molecule has 8 heteroatoms. The fourth-order valence-corrected chi connectivity index (χ4v) is 5.59. The third-order valence-electron chi connectivity index (χ3n) is 5.73. The standard InChI is InChI=1S/C21H31N3O4S/c25-20(17-8-3-1-4-9-17)22-12-13-23-21(26)18-10-7-11-19(16-18)29(27,28)24-14-5-2-6-15-24/h7,10-11,16-17H,1-6,8-9,12-15H2,(H,22,25)(H,23,26). The molecule has 0 radical (unpaired) electrons. The lowest BCUT2D eigenvalue weighted by atomic mass is 9.89. The summed E-state index contributed by atoms with van der Waals surface area (Å²) in [5.74, 6) is -0.183. The highest BCUT2D eigenvalue weighted by Crippen LogP contribution is 2.23. The largest absolute Gasteiger partial charge is 0.354 e. The Balaban J connectivity index is 1.50. The number of amides is 2. The van der Waals surface area contributed by atoms with Gasteiger partial charge in [0.15, 0.2) is 0 Å². The van der Waals surface area contributed by atoms with Gasteiger partial charge in [0, 0.05) is 37.7 Å². The fourth-order valence-electron chi connectivity index (χ4n) is 4.03. The molecular formula is C21H31N3O4S. The number of carbonyl (C=O) groups is 2. The van der Waals surface area contributed by atoms with Gasteiger partial charge >= 0.3 is 0 Å². The Labute approximate surface area is 173 Å². The van der Waals surface area contributed by atoms with Crippen molar-refractivity contribution in [2.75, 3.05) is 26.2 Å². The maximum Gasteiger partial charge on any atom is 0.251 e. The number of benzene rings is 1. The summed E-state index contributed by atoms with van der Waals surface area (Å²) >= 11 is 0. The molecule has 0 atom stereocenters. The number of nitrogens with one attached hydrogen (secondary N) is 2. The zero-order valence-corrected chi connectivity index (χ0v) is 17.7. The first kappa shape index (κ1) is 21.8. The molecule has 160 valence electrons. The van der Waals surface area contributed by atoms with Gasteiger partial charge in [-0.2, -0.15) is 4.31 Å². The van der Waals surface area contributed by atoms with Crippen molar-refractivity contribution in [1.82, 2.24) is 14.9 Å². The van der Waals surface area contributed by atoms with E-state index in [0.29, 0.717) is 31.7 Å². The Morgan fingerprint density at radius 3 is 2.31 bits per heavy atom. The van der Waals surface area contributed by atoms with Crippen LogP contribution in [0.15, 0.2) is 29.2 Å². The topological polar surface area (TPSA) is 95.6 Å². The van der Waals surface area contributed by atoms with E-state index in [0.717, 1.165) is 44.9 Å². The van der Waals surface area contributed by atoms with Crippen molar-refractivity contribution in [2.45, 2.75) is 56.3 Å². The molecule has 1 saturated carbocycles. The molecule has 2 fully saturated rings. The number of rotatable bonds is 7. The number of hydrogen-bond acceptors (Lipinski definition) is 4. The summed E-state index contributed by atoms with van der Waals surface area (Å²) in [6.07, 6.45) is 8.07. The van der Waals surface area contributed by atoms with E-state index in [-0.39, 0.29) is 22.6 Å². The SMILES string of the molecule is O=C(NCCNC(=O)C1CCCCC1)c1cccc(S(=O)(=O)N2CCCCC2)c1. The third kappa shape index (κ3) is 5.79. The van der Waals surface area contributed by atoms with E-state index < -0.39 is 10.0 Å². The maximum absolute atomic E-state index is 12.8. The van der Waals surface area contributed by atoms with E-state index >= 15 is 0 Å². The predicted molar refractivity (Wildman–Crippen MR) is 111 cm³/mol. The Hall–Kier alpha value is -1.93. The zero-order valence-electron chi connectivity index (χ0n) is 16.9. The van der Waals surface area contributed by atoms with Crippen LogP contribution in [0.5, 0.6) is 0 Å². The smallest absolute Gasteiger partial charge is 0.251 e. The van der Waals surface area contributed by atoms with Crippen LogP contribution in [0.25, 0.3) is 0 Å². The fraction of sp³-hybridized carbons (Fsp3) is 0.619. The highest BCUT2D eigenvalue weighted by Gasteiger charge is 2.26. The molecule has 7 nitrogen and oxygen atoms in total. The lowest BCUT2D eigenvalue weighted by Gasteiger charge is -2.26. The summed E-state index contributed by atoms with van der Waals surface area (Å²) in [4.78, 5) is 24.7. The molecule has 2 aliphatic rings. The van der Waals surface area contributed by atoms with Crippen LogP contribution in [0.4, 0.5) is 0 Å². The molecule has 2 N–H and O–H groups in total. The number of sulfonamides is 1. The summed E-state index contributed by atoms with van der Waals surface area (Å²) in [6, 6.07) is 6.16. The quantitative estimate of drug-likeness (QED) is 0.660. The average molecular weight is 422 g/mol. The van der Waals surface area contributed by atoms with Crippen LogP contribution in [0.2, 0.25) is 0 Å². The van der Waals surface area contributed by atoms with Gasteiger partial charge in [0.1, 0.15) is 0 Å². The van der Waals surface area contributed by atoms with Crippen LogP contribution in [-0.4, -0.2) is 50.7 Å². The molecule has 1 heterocycles. The van der Waals surface area contributed by atoms with Gasteiger partial charge < -0.3 is 10.6 Å². The molecule has 1 aliphatic carbocycles. The minimum Gasteiger partial charge on any atom is -0.354 e. The van der Waals surface area contributed by atoms with Gasteiger partial charge in [-0.05, 0) is 43.9 Å². The van der Waals surface area contributed by atoms with Gasteiger partial charge in [-0.1, -0.05) is 31.7 Å². The van der Waals surface area contributed by atoms with Gasteiger partial charge in [-0.25, -0.2) is 8.42 Å². The van der Waals surface area contributed by atoms with Crippen molar-refractivity contribution in [3.05, 3.63) is 29.8 Å². The van der Waals surface area contributed by atoms with Crippen LogP contribution in [0.3, 0.4) is 0 Å². The van der Waals surface area contributed by atoms with Crippen LogP contribution >= 0.6 is 0 Å². The minimum absolute atomic E-state index is 0.0635. The van der Waals surface area contributed by atoms with Crippen molar-refractivity contribution >= 4 is 21.8 Å². The van der Waals surface area contributed by atoms with Crippen molar-refractivity contribution in [2.24, 2.45) is 5.92 Å². The maximum atomic E-state index is 12.8. The molecule has 1 aromatic carbocycles. The molecule has 1 saturated heterocycles. The van der Waals surface area contributed by atoms with Gasteiger partial charge in [0.25, 0.3) is 5.91 Å². The lowest BCUT2D eigenvalue weighted by molar-refractivity contribution is -0.125. The number of hydrogen-bond donors (Lipinski definition) is 2. The minimum atomic E-state index is -3.57. The van der Waals surface area contributed by atoms with Crippen molar-refractivity contribution < 1.29 is 18.0 Å². The second-order valence-corrected chi connectivity index (χ2v) is 9.81. The Morgan fingerprint density at radius 1 is 0.931 bits per heavy atom. The molecule has 0 bridgehead atoms. The monoisotopic (exact) mass is 421 g/mol. The molecule has 0 aromatic heterocycles.